The molecule has 0 atom stereocenters. The molecule has 0 fully saturated rings. The van der Waals surface area contributed by atoms with Crippen molar-refractivity contribution in [3.63, 3.8) is 0 Å². The van der Waals surface area contributed by atoms with Crippen LogP contribution in [0.5, 0.6) is 0 Å². The second kappa shape index (κ2) is 6.16. The van der Waals surface area contributed by atoms with Gasteiger partial charge in [-0.3, -0.25) is 4.79 Å². The first-order chi connectivity index (χ1) is 9.08. The molecule has 0 radical (unpaired) electrons. The number of pyridine rings is 1. The van der Waals surface area contributed by atoms with E-state index in [0.717, 1.165) is 19.3 Å². The summed E-state index contributed by atoms with van der Waals surface area (Å²) in [4.78, 5) is 13.3. The van der Waals surface area contributed by atoms with Gasteiger partial charge >= 0.3 is 0 Å². The van der Waals surface area contributed by atoms with Crippen molar-refractivity contribution in [1.29, 1.82) is 0 Å². The molecule has 6 heteroatoms. The number of hydrogen-bond donors (Lipinski definition) is 2. The van der Waals surface area contributed by atoms with Gasteiger partial charge in [-0.25, -0.2) is 13.1 Å². The van der Waals surface area contributed by atoms with E-state index in [1.807, 2.05) is 0 Å². The van der Waals surface area contributed by atoms with E-state index in [4.69, 9.17) is 0 Å². The van der Waals surface area contributed by atoms with Gasteiger partial charge in [0.05, 0.1) is 4.90 Å². The molecule has 19 heavy (non-hydrogen) atoms. The van der Waals surface area contributed by atoms with Crippen LogP contribution in [0.4, 0.5) is 0 Å². The minimum absolute atomic E-state index is 0.0877. The molecule has 2 N–H and O–H groups in total. The first-order valence-electron chi connectivity index (χ1n) is 6.44. The number of nitrogens with one attached hydrogen (secondary N) is 2. The standard InChI is InChI=1S/C13H18N2O3S/c16-13-7-6-12(10-14-13)19(17,18)15-9-8-11-4-2-1-3-5-11/h4,6-7,10,15H,1-3,5,8-9H2,(H,14,16). The van der Waals surface area contributed by atoms with E-state index in [-0.39, 0.29) is 10.5 Å². The first kappa shape index (κ1) is 14.0. The van der Waals surface area contributed by atoms with Gasteiger partial charge in [0.1, 0.15) is 0 Å². The van der Waals surface area contributed by atoms with Crippen LogP contribution in [0.1, 0.15) is 32.1 Å². The third kappa shape index (κ3) is 4.04. The highest BCUT2D eigenvalue weighted by molar-refractivity contribution is 7.89. The molecule has 0 bridgehead atoms. The molecule has 1 aliphatic carbocycles. The first-order valence-corrected chi connectivity index (χ1v) is 7.92. The molecule has 0 unspecified atom stereocenters. The number of hydrogen-bond acceptors (Lipinski definition) is 3. The molecule has 5 nitrogen and oxygen atoms in total. The Balaban J connectivity index is 1.92. The van der Waals surface area contributed by atoms with Crippen molar-refractivity contribution in [2.75, 3.05) is 6.54 Å². The molecule has 0 saturated heterocycles. The lowest BCUT2D eigenvalue weighted by molar-refractivity contribution is 0.579. The second-order valence-electron chi connectivity index (χ2n) is 4.64. The zero-order chi connectivity index (χ0) is 13.7. The van der Waals surface area contributed by atoms with Crippen LogP contribution in [0.15, 0.2) is 39.7 Å². The SMILES string of the molecule is O=c1ccc(S(=O)(=O)NCCC2=CCCCC2)c[nH]1. The van der Waals surface area contributed by atoms with Crippen LogP contribution in [0.25, 0.3) is 0 Å². The average molecular weight is 282 g/mol. The molecule has 0 aromatic carbocycles. The summed E-state index contributed by atoms with van der Waals surface area (Å²) in [5, 5.41) is 0. The van der Waals surface area contributed by atoms with E-state index in [1.165, 1.54) is 36.7 Å². The number of aromatic nitrogens is 1. The van der Waals surface area contributed by atoms with Crippen LogP contribution in [0.3, 0.4) is 0 Å². The van der Waals surface area contributed by atoms with Gasteiger partial charge in [0.25, 0.3) is 0 Å². The minimum Gasteiger partial charge on any atom is -0.328 e. The molecule has 0 spiro atoms. The quantitative estimate of drug-likeness (QED) is 0.804. The van der Waals surface area contributed by atoms with Crippen molar-refractivity contribution in [1.82, 2.24) is 9.71 Å². The number of rotatable bonds is 5. The summed E-state index contributed by atoms with van der Waals surface area (Å²) < 4.78 is 26.4. The van der Waals surface area contributed by atoms with Gasteiger partial charge in [-0.2, -0.15) is 0 Å². The summed E-state index contributed by atoms with van der Waals surface area (Å²) >= 11 is 0. The van der Waals surface area contributed by atoms with Crippen molar-refractivity contribution in [3.8, 4) is 0 Å². The van der Waals surface area contributed by atoms with Gasteiger partial charge in [0.15, 0.2) is 0 Å². The van der Waals surface area contributed by atoms with Crippen LogP contribution >= 0.6 is 0 Å². The van der Waals surface area contributed by atoms with Crippen molar-refractivity contribution < 1.29 is 8.42 Å². The van der Waals surface area contributed by atoms with Gasteiger partial charge in [0.2, 0.25) is 15.6 Å². The smallest absolute Gasteiger partial charge is 0.247 e. The van der Waals surface area contributed by atoms with Gasteiger partial charge in [0, 0.05) is 18.8 Å². The maximum atomic E-state index is 11.9. The number of H-pyrrole nitrogens is 1. The Kier molecular flexibility index (Phi) is 4.55. The van der Waals surface area contributed by atoms with E-state index < -0.39 is 10.0 Å². The minimum atomic E-state index is -3.53. The molecule has 0 aliphatic heterocycles. The van der Waals surface area contributed by atoms with Crippen LogP contribution in [-0.4, -0.2) is 19.9 Å². The van der Waals surface area contributed by atoms with Crippen LogP contribution in [0, 0.1) is 0 Å². The van der Waals surface area contributed by atoms with E-state index in [0.29, 0.717) is 6.54 Å². The Morgan fingerprint density at radius 3 is 2.74 bits per heavy atom. The van der Waals surface area contributed by atoms with E-state index in [1.54, 1.807) is 0 Å². The van der Waals surface area contributed by atoms with E-state index in [2.05, 4.69) is 15.8 Å². The van der Waals surface area contributed by atoms with Crippen molar-refractivity contribution in [2.24, 2.45) is 0 Å². The fraction of sp³-hybridized carbons (Fsp3) is 0.462. The maximum absolute atomic E-state index is 11.9. The number of sulfonamides is 1. The number of aromatic amines is 1. The van der Waals surface area contributed by atoms with Crippen molar-refractivity contribution >= 4 is 10.0 Å². The molecule has 104 valence electrons. The Hall–Kier alpha value is -1.40. The summed E-state index contributed by atoms with van der Waals surface area (Å²) in [5.41, 5.74) is 1.02. The fourth-order valence-electron chi connectivity index (χ4n) is 2.12. The molecular weight excluding hydrogens is 264 g/mol. The molecule has 2 rings (SSSR count). The highest BCUT2D eigenvalue weighted by Crippen LogP contribution is 2.19. The second-order valence-corrected chi connectivity index (χ2v) is 6.41. The van der Waals surface area contributed by atoms with E-state index in [9.17, 15) is 13.2 Å². The lowest BCUT2D eigenvalue weighted by Crippen LogP contribution is -2.26. The predicted molar refractivity (Wildman–Crippen MR) is 73.4 cm³/mol. The zero-order valence-corrected chi connectivity index (χ0v) is 11.5. The molecule has 0 amide bonds. The monoisotopic (exact) mass is 282 g/mol. The van der Waals surface area contributed by atoms with Crippen LogP contribution in [-0.2, 0) is 10.0 Å². The normalized spacial score (nSPS) is 16.1. The third-order valence-electron chi connectivity index (χ3n) is 3.19. The van der Waals surface area contributed by atoms with Crippen LogP contribution < -0.4 is 10.3 Å². The maximum Gasteiger partial charge on any atom is 0.247 e. The summed E-state index contributed by atoms with van der Waals surface area (Å²) in [6.07, 6.45) is 8.76. The zero-order valence-electron chi connectivity index (χ0n) is 10.7. The molecule has 1 aromatic rings. The predicted octanol–water partition coefficient (Wildman–Crippen LogP) is 1.54. The third-order valence-corrected chi connectivity index (χ3v) is 4.65. The number of allylic oxidation sites excluding steroid dienone is 1. The molecule has 1 aliphatic rings. The summed E-state index contributed by atoms with van der Waals surface area (Å²) in [6.45, 7) is 0.396. The van der Waals surface area contributed by atoms with Gasteiger partial charge in [-0.1, -0.05) is 11.6 Å². The largest absolute Gasteiger partial charge is 0.328 e. The summed E-state index contributed by atoms with van der Waals surface area (Å²) in [6, 6.07) is 2.51. The van der Waals surface area contributed by atoms with Gasteiger partial charge in [-0.15, -0.1) is 0 Å². The topological polar surface area (TPSA) is 79.0 Å². The molecule has 1 aromatic heterocycles. The Bertz CT molecular complexity index is 597. The van der Waals surface area contributed by atoms with Crippen LogP contribution in [0.2, 0.25) is 0 Å². The molecule has 1 heterocycles. The summed E-state index contributed by atoms with van der Waals surface area (Å²) in [5.74, 6) is 0. The van der Waals surface area contributed by atoms with Crippen molar-refractivity contribution in [3.05, 3.63) is 40.3 Å². The molecule has 0 saturated carbocycles. The highest BCUT2D eigenvalue weighted by Gasteiger charge is 2.13. The highest BCUT2D eigenvalue weighted by atomic mass is 32.2. The molecular formula is C13H18N2O3S. The van der Waals surface area contributed by atoms with Gasteiger partial charge < -0.3 is 4.98 Å². The lowest BCUT2D eigenvalue weighted by Gasteiger charge is -2.13. The fourth-order valence-corrected chi connectivity index (χ4v) is 3.12. The lowest BCUT2D eigenvalue weighted by atomic mass is 9.97. The Labute approximate surface area is 112 Å². The van der Waals surface area contributed by atoms with E-state index >= 15 is 0 Å². The average Bonchev–Trinajstić information content (AvgIpc) is 2.40. The van der Waals surface area contributed by atoms with Gasteiger partial charge in [-0.05, 0) is 38.2 Å². The Morgan fingerprint density at radius 1 is 1.26 bits per heavy atom. The summed E-state index contributed by atoms with van der Waals surface area (Å²) in [7, 11) is -3.53. The van der Waals surface area contributed by atoms with Crippen molar-refractivity contribution in [2.45, 2.75) is 37.0 Å². The Morgan fingerprint density at radius 2 is 2.11 bits per heavy atom.